The van der Waals surface area contributed by atoms with Crippen LogP contribution in [-0.2, 0) is 0 Å². The number of aryl methyl sites for hydroxylation is 2. The van der Waals surface area contributed by atoms with E-state index < -0.39 is 11.9 Å². The zero-order chi connectivity index (χ0) is 24.7. The van der Waals surface area contributed by atoms with Crippen LogP contribution in [0.15, 0.2) is 77.0 Å². The van der Waals surface area contributed by atoms with Gasteiger partial charge < -0.3 is 9.84 Å². The summed E-state index contributed by atoms with van der Waals surface area (Å²) in [6.07, 6.45) is 0. The minimum Gasteiger partial charge on any atom is -0.334 e. The van der Waals surface area contributed by atoms with Gasteiger partial charge >= 0.3 is 6.03 Å². The van der Waals surface area contributed by atoms with E-state index in [1.807, 2.05) is 51.1 Å². The maximum absolute atomic E-state index is 13.8. The van der Waals surface area contributed by atoms with Crippen LogP contribution in [0.5, 0.6) is 0 Å². The molecule has 0 fully saturated rings. The number of hydrogen-bond donors (Lipinski definition) is 1. The van der Waals surface area contributed by atoms with E-state index in [0.717, 1.165) is 22.4 Å². The monoisotopic (exact) mass is 488 g/mol. The molecule has 8 heteroatoms. The molecule has 1 aromatic heterocycles. The van der Waals surface area contributed by atoms with E-state index in [9.17, 15) is 9.18 Å². The molecule has 176 valence electrons. The predicted octanol–water partition coefficient (Wildman–Crippen LogP) is 6.85. The number of allylic oxidation sites excluding steroid dienone is 1. The maximum Gasteiger partial charge on any atom is 0.326 e. The van der Waals surface area contributed by atoms with Crippen LogP contribution in [0, 0.1) is 19.7 Å². The minimum atomic E-state index is -0.579. The van der Waals surface area contributed by atoms with Gasteiger partial charge in [-0.3, -0.25) is 4.90 Å². The van der Waals surface area contributed by atoms with E-state index in [0.29, 0.717) is 21.9 Å². The summed E-state index contributed by atoms with van der Waals surface area (Å²) in [5, 5.41) is 7.69. The van der Waals surface area contributed by atoms with E-state index in [-0.39, 0.29) is 17.7 Å². The number of nitrogens with zero attached hydrogens (tertiary/aromatic N) is 3. The van der Waals surface area contributed by atoms with Crippen molar-refractivity contribution >= 4 is 28.9 Å². The molecule has 0 saturated carbocycles. The van der Waals surface area contributed by atoms with Gasteiger partial charge in [-0.05, 0) is 73.9 Å². The number of hydrogen-bond acceptors (Lipinski definition) is 4. The lowest BCUT2D eigenvalue weighted by Gasteiger charge is -2.35. The summed E-state index contributed by atoms with van der Waals surface area (Å²) in [7, 11) is 0. The lowest BCUT2D eigenvalue weighted by molar-refractivity contribution is 0.244. The van der Waals surface area contributed by atoms with Gasteiger partial charge in [0, 0.05) is 16.3 Å². The SMILES string of the molecule is CC1=C(c2nc(-c3cccc(F)c3)no2)C(c2cccc(Cl)c2)NC(=O)N1c1cc(C)cc(C)c1. The lowest BCUT2D eigenvalue weighted by Crippen LogP contribution is -2.46. The Morgan fingerprint density at radius 3 is 2.46 bits per heavy atom. The second kappa shape index (κ2) is 9.00. The van der Waals surface area contributed by atoms with Crippen molar-refractivity contribution in [2.75, 3.05) is 4.90 Å². The van der Waals surface area contributed by atoms with Crippen LogP contribution >= 0.6 is 11.6 Å². The van der Waals surface area contributed by atoms with Gasteiger partial charge in [0.05, 0.1) is 17.3 Å². The van der Waals surface area contributed by atoms with Crippen molar-refractivity contribution in [1.82, 2.24) is 15.5 Å². The molecular formula is C27H22ClFN4O2. The normalized spacial score (nSPS) is 16.0. The molecule has 4 aromatic rings. The van der Waals surface area contributed by atoms with Crippen molar-refractivity contribution < 1.29 is 13.7 Å². The van der Waals surface area contributed by atoms with Crippen LogP contribution in [0.3, 0.4) is 0 Å². The van der Waals surface area contributed by atoms with Gasteiger partial charge in [0.25, 0.3) is 5.89 Å². The molecule has 0 radical (unpaired) electrons. The van der Waals surface area contributed by atoms with Crippen molar-refractivity contribution in [3.05, 3.63) is 106 Å². The molecule has 2 amide bonds. The van der Waals surface area contributed by atoms with Gasteiger partial charge in [-0.2, -0.15) is 4.98 Å². The highest BCUT2D eigenvalue weighted by Crippen LogP contribution is 2.40. The molecule has 1 aliphatic rings. The van der Waals surface area contributed by atoms with Gasteiger partial charge in [-0.1, -0.05) is 47.1 Å². The Balaban J connectivity index is 1.68. The zero-order valence-corrected chi connectivity index (χ0v) is 20.1. The van der Waals surface area contributed by atoms with Crippen molar-refractivity contribution in [3.8, 4) is 11.4 Å². The summed E-state index contributed by atoms with van der Waals surface area (Å²) < 4.78 is 19.4. The number of amides is 2. The first kappa shape index (κ1) is 22.8. The predicted molar refractivity (Wildman–Crippen MR) is 133 cm³/mol. The minimum absolute atomic E-state index is 0.223. The highest BCUT2D eigenvalue weighted by Gasteiger charge is 2.36. The third-order valence-electron chi connectivity index (χ3n) is 5.87. The summed E-state index contributed by atoms with van der Waals surface area (Å²) in [6.45, 7) is 5.81. The summed E-state index contributed by atoms with van der Waals surface area (Å²) in [6, 6.07) is 18.3. The molecule has 6 nitrogen and oxygen atoms in total. The number of halogens is 2. The molecule has 0 spiro atoms. The molecule has 3 aromatic carbocycles. The average Bonchev–Trinajstić information content (AvgIpc) is 3.28. The smallest absolute Gasteiger partial charge is 0.326 e. The highest BCUT2D eigenvalue weighted by molar-refractivity contribution is 6.30. The van der Waals surface area contributed by atoms with Crippen molar-refractivity contribution in [2.45, 2.75) is 26.8 Å². The first-order valence-electron chi connectivity index (χ1n) is 11.1. The molecule has 1 unspecified atom stereocenters. The Hall–Kier alpha value is -3.97. The number of nitrogens with one attached hydrogen (secondary N) is 1. The average molecular weight is 489 g/mol. The maximum atomic E-state index is 13.8. The largest absolute Gasteiger partial charge is 0.334 e. The number of aromatic nitrogens is 2. The van der Waals surface area contributed by atoms with Crippen LogP contribution in [-0.4, -0.2) is 16.2 Å². The number of anilines is 1. The number of benzene rings is 3. The van der Waals surface area contributed by atoms with Gasteiger partial charge in [-0.25, -0.2) is 9.18 Å². The first-order valence-corrected chi connectivity index (χ1v) is 11.4. The third kappa shape index (κ3) is 4.42. The Bertz CT molecular complexity index is 1460. The Kier molecular flexibility index (Phi) is 5.86. The molecule has 0 bridgehead atoms. The van der Waals surface area contributed by atoms with E-state index in [1.54, 1.807) is 29.2 Å². The van der Waals surface area contributed by atoms with Crippen molar-refractivity contribution in [1.29, 1.82) is 0 Å². The van der Waals surface area contributed by atoms with Crippen molar-refractivity contribution in [2.24, 2.45) is 0 Å². The fourth-order valence-corrected chi connectivity index (χ4v) is 4.62. The number of rotatable bonds is 4. The van der Waals surface area contributed by atoms with E-state index in [4.69, 9.17) is 16.1 Å². The van der Waals surface area contributed by atoms with E-state index >= 15 is 0 Å². The zero-order valence-electron chi connectivity index (χ0n) is 19.3. The standard InChI is InChI=1S/C27H22ClFN4O2/c1-15-10-16(2)12-22(11-15)33-17(3)23(24(30-27(33)34)18-6-4-8-20(28)13-18)26-31-25(32-35-26)19-7-5-9-21(29)14-19/h4-14,24H,1-3H3,(H,30,34). The molecule has 1 atom stereocenters. The third-order valence-corrected chi connectivity index (χ3v) is 6.11. The molecule has 0 saturated heterocycles. The fourth-order valence-electron chi connectivity index (χ4n) is 4.42. The summed E-state index contributed by atoms with van der Waals surface area (Å²) >= 11 is 6.26. The van der Waals surface area contributed by atoms with Crippen LogP contribution in [0.1, 0.15) is 35.5 Å². The molecule has 1 N–H and O–H groups in total. The Labute approximate surface area is 207 Å². The van der Waals surface area contributed by atoms with Crippen LogP contribution in [0.2, 0.25) is 5.02 Å². The fraction of sp³-hybridized carbons (Fsp3) is 0.148. The van der Waals surface area contributed by atoms with Gasteiger partial charge in [-0.15, -0.1) is 0 Å². The molecular weight excluding hydrogens is 467 g/mol. The second-order valence-electron chi connectivity index (χ2n) is 8.55. The topological polar surface area (TPSA) is 71.3 Å². The van der Waals surface area contributed by atoms with Gasteiger partial charge in [0.1, 0.15) is 5.82 Å². The Morgan fingerprint density at radius 2 is 1.74 bits per heavy atom. The highest BCUT2D eigenvalue weighted by atomic mass is 35.5. The molecule has 0 aliphatic carbocycles. The van der Waals surface area contributed by atoms with Gasteiger partial charge in [0.15, 0.2) is 0 Å². The number of carbonyl (C=O) groups excluding carboxylic acids is 1. The van der Waals surface area contributed by atoms with E-state index in [2.05, 4.69) is 15.5 Å². The number of carbonyl (C=O) groups is 1. The summed E-state index contributed by atoms with van der Waals surface area (Å²) in [5.41, 5.74) is 5.31. The van der Waals surface area contributed by atoms with Crippen LogP contribution < -0.4 is 10.2 Å². The molecule has 35 heavy (non-hydrogen) atoms. The summed E-state index contributed by atoms with van der Waals surface area (Å²) in [5.74, 6) is 0.0765. The van der Waals surface area contributed by atoms with Gasteiger partial charge in [0.2, 0.25) is 5.82 Å². The lowest BCUT2D eigenvalue weighted by atomic mass is 9.94. The second-order valence-corrected chi connectivity index (χ2v) is 8.99. The van der Waals surface area contributed by atoms with E-state index in [1.165, 1.54) is 12.1 Å². The summed E-state index contributed by atoms with van der Waals surface area (Å²) in [4.78, 5) is 19.5. The van der Waals surface area contributed by atoms with Crippen molar-refractivity contribution in [3.63, 3.8) is 0 Å². The van der Waals surface area contributed by atoms with Crippen LogP contribution in [0.4, 0.5) is 14.9 Å². The number of urea groups is 1. The molecule has 5 rings (SSSR count). The molecule has 2 heterocycles. The molecule has 1 aliphatic heterocycles. The first-order chi connectivity index (χ1) is 16.8. The Morgan fingerprint density at radius 1 is 1.00 bits per heavy atom. The quantitative estimate of drug-likeness (QED) is 0.341. The van der Waals surface area contributed by atoms with Crippen LogP contribution in [0.25, 0.3) is 17.0 Å².